The molecule has 1 aliphatic carbocycles. The van der Waals surface area contributed by atoms with Crippen LogP contribution >= 0.6 is 15.9 Å². The summed E-state index contributed by atoms with van der Waals surface area (Å²) in [5.41, 5.74) is 0.424. The van der Waals surface area contributed by atoms with Crippen LogP contribution in [0.1, 0.15) is 43.0 Å². The lowest BCUT2D eigenvalue weighted by Crippen LogP contribution is -2.40. The molecule has 0 saturated heterocycles. The Balaban J connectivity index is 1.90. The minimum Gasteiger partial charge on any atom is -0.449 e. The monoisotopic (exact) mass is 339 g/mol. The van der Waals surface area contributed by atoms with Crippen molar-refractivity contribution in [3.05, 3.63) is 34.3 Å². The highest BCUT2D eigenvalue weighted by atomic mass is 79.9. The van der Waals surface area contributed by atoms with Crippen molar-refractivity contribution >= 4 is 27.8 Å². The molecule has 0 radical (unpaired) electrons. The number of nitrogens with one attached hydrogen (secondary N) is 1. The van der Waals surface area contributed by atoms with E-state index in [2.05, 4.69) is 21.2 Å². The Bertz CT molecular complexity index is 498. The second-order valence-corrected chi connectivity index (χ2v) is 5.87. The number of benzene rings is 1. The maximum absolute atomic E-state index is 12.0. The number of esters is 1. The molecule has 20 heavy (non-hydrogen) atoms. The average molecular weight is 340 g/mol. The number of hydrogen-bond donors (Lipinski definition) is 1. The number of hydrogen-bond acceptors (Lipinski definition) is 3. The first kappa shape index (κ1) is 15.0. The molecule has 4 nitrogen and oxygen atoms in total. The predicted molar refractivity (Wildman–Crippen MR) is 79.4 cm³/mol. The molecule has 1 fully saturated rings. The summed E-state index contributed by atoms with van der Waals surface area (Å²) < 4.78 is 5.87. The van der Waals surface area contributed by atoms with Gasteiger partial charge < -0.3 is 10.1 Å². The Kier molecular flexibility index (Phi) is 5.17. The molecule has 0 unspecified atom stereocenters. The van der Waals surface area contributed by atoms with E-state index in [1.54, 1.807) is 25.1 Å². The zero-order chi connectivity index (χ0) is 14.5. The Labute approximate surface area is 127 Å². The maximum atomic E-state index is 12.0. The second kappa shape index (κ2) is 6.88. The molecule has 2 rings (SSSR count). The molecule has 0 bridgehead atoms. The lowest BCUT2D eigenvalue weighted by atomic mass is 10.2. The van der Waals surface area contributed by atoms with E-state index in [-0.39, 0.29) is 11.9 Å². The molecule has 1 aromatic rings. The smallest absolute Gasteiger partial charge is 0.340 e. The molecule has 0 spiro atoms. The van der Waals surface area contributed by atoms with Crippen molar-refractivity contribution in [2.75, 3.05) is 0 Å². The third-order valence-electron chi connectivity index (χ3n) is 3.45. The Hall–Kier alpha value is -1.36. The highest BCUT2D eigenvalue weighted by molar-refractivity contribution is 9.10. The summed E-state index contributed by atoms with van der Waals surface area (Å²) in [6.07, 6.45) is 3.54. The zero-order valence-corrected chi connectivity index (χ0v) is 13.0. The zero-order valence-electron chi connectivity index (χ0n) is 11.4. The lowest BCUT2D eigenvalue weighted by Gasteiger charge is -2.17. The van der Waals surface area contributed by atoms with Crippen molar-refractivity contribution in [1.82, 2.24) is 5.32 Å². The fraction of sp³-hybridized carbons (Fsp3) is 0.467. The molecule has 108 valence electrons. The summed E-state index contributed by atoms with van der Waals surface area (Å²) in [7, 11) is 0. The highest BCUT2D eigenvalue weighted by Gasteiger charge is 2.23. The Morgan fingerprint density at radius 1 is 1.30 bits per heavy atom. The largest absolute Gasteiger partial charge is 0.449 e. The second-order valence-electron chi connectivity index (χ2n) is 5.02. The molecule has 0 aliphatic heterocycles. The molecule has 1 saturated carbocycles. The molecule has 1 aliphatic rings. The van der Waals surface area contributed by atoms with Gasteiger partial charge in [-0.15, -0.1) is 0 Å². The van der Waals surface area contributed by atoms with E-state index in [1.807, 2.05) is 6.07 Å². The van der Waals surface area contributed by atoms with Gasteiger partial charge in [0.2, 0.25) is 0 Å². The molecule has 1 amide bonds. The van der Waals surface area contributed by atoms with Gasteiger partial charge in [-0.25, -0.2) is 4.79 Å². The normalized spacial score (nSPS) is 16.7. The fourth-order valence-corrected chi connectivity index (χ4v) is 2.74. The van der Waals surface area contributed by atoms with Crippen LogP contribution in [0.3, 0.4) is 0 Å². The van der Waals surface area contributed by atoms with E-state index < -0.39 is 12.1 Å². The van der Waals surface area contributed by atoms with Crippen LogP contribution in [0, 0.1) is 0 Å². The van der Waals surface area contributed by atoms with Crippen LogP contribution in [-0.2, 0) is 9.53 Å². The number of amides is 1. The van der Waals surface area contributed by atoms with Gasteiger partial charge in [0.05, 0.1) is 5.56 Å². The van der Waals surface area contributed by atoms with E-state index in [0.29, 0.717) is 10.0 Å². The first-order valence-electron chi connectivity index (χ1n) is 6.84. The molecule has 0 aromatic heterocycles. The summed E-state index contributed by atoms with van der Waals surface area (Å²) in [6, 6.07) is 7.22. The van der Waals surface area contributed by atoms with E-state index in [9.17, 15) is 9.59 Å². The van der Waals surface area contributed by atoms with Gasteiger partial charge in [0.25, 0.3) is 5.91 Å². The van der Waals surface area contributed by atoms with Crippen LogP contribution < -0.4 is 5.32 Å². The van der Waals surface area contributed by atoms with Gasteiger partial charge in [0.1, 0.15) is 0 Å². The van der Waals surface area contributed by atoms with Crippen molar-refractivity contribution < 1.29 is 14.3 Å². The van der Waals surface area contributed by atoms with Gasteiger partial charge >= 0.3 is 5.97 Å². The third-order valence-corrected chi connectivity index (χ3v) is 4.14. The molecule has 5 heteroatoms. The van der Waals surface area contributed by atoms with Crippen molar-refractivity contribution in [3.8, 4) is 0 Å². The number of ether oxygens (including phenoxy) is 1. The van der Waals surface area contributed by atoms with Gasteiger partial charge in [-0.05, 0) is 47.8 Å². The van der Waals surface area contributed by atoms with E-state index >= 15 is 0 Å². The van der Waals surface area contributed by atoms with Crippen LogP contribution in [0.25, 0.3) is 0 Å². The average Bonchev–Trinajstić information content (AvgIpc) is 2.91. The molecular formula is C15H18BrNO3. The first-order chi connectivity index (χ1) is 9.58. The molecule has 0 heterocycles. The van der Waals surface area contributed by atoms with Crippen LogP contribution in [0.2, 0.25) is 0 Å². The van der Waals surface area contributed by atoms with Crippen molar-refractivity contribution in [2.45, 2.75) is 44.8 Å². The SMILES string of the molecule is C[C@@H](OC(=O)c1ccccc1Br)C(=O)NC1CCCC1. The topological polar surface area (TPSA) is 55.4 Å². The lowest BCUT2D eigenvalue weighted by molar-refractivity contribution is -0.129. The van der Waals surface area contributed by atoms with Crippen LogP contribution in [0.15, 0.2) is 28.7 Å². The summed E-state index contributed by atoms with van der Waals surface area (Å²) in [4.78, 5) is 23.9. The molecule has 1 aromatic carbocycles. The molecular weight excluding hydrogens is 322 g/mol. The molecule has 1 atom stereocenters. The van der Waals surface area contributed by atoms with E-state index in [0.717, 1.165) is 25.7 Å². The number of rotatable bonds is 4. The van der Waals surface area contributed by atoms with E-state index in [1.165, 1.54) is 0 Å². The Morgan fingerprint density at radius 2 is 1.95 bits per heavy atom. The van der Waals surface area contributed by atoms with Gasteiger partial charge in [0.15, 0.2) is 6.10 Å². The minimum atomic E-state index is -0.782. The molecule has 1 N–H and O–H groups in total. The van der Waals surface area contributed by atoms with Gasteiger partial charge in [0, 0.05) is 10.5 Å². The van der Waals surface area contributed by atoms with Gasteiger partial charge in [-0.3, -0.25) is 4.79 Å². The summed E-state index contributed by atoms with van der Waals surface area (Å²) >= 11 is 3.29. The van der Waals surface area contributed by atoms with Gasteiger partial charge in [-0.1, -0.05) is 25.0 Å². The fourth-order valence-electron chi connectivity index (χ4n) is 2.29. The standard InChI is InChI=1S/C15H18BrNO3/c1-10(14(18)17-11-6-2-3-7-11)20-15(19)12-8-4-5-9-13(12)16/h4-5,8-11H,2-3,6-7H2,1H3,(H,17,18)/t10-/m1/s1. The van der Waals surface area contributed by atoms with E-state index in [4.69, 9.17) is 4.74 Å². The minimum absolute atomic E-state index is 0.225. The van der Waals surface area contributed by atoms with Crippen LogP contribution in [0.4, 0.5) is 0 Å². The predicted octanol–water partition coefficient (Wildman–Crippen LogP) is 3.05. The maximum Gasteiger partial charge on any atom is 0.340 e. The van der Waals surface area contributed by atoms with Crippen LogP contribution in [0.5, 0.6) is 0 Å². The Morgan fingerprint density at radius 3 is 2.60 bits per heavy atom. The summed E-state index contributed by atoms with van der Waals surface area (Å²) in [6.45, 7) is 1.60. The first-order valence-corrected chi connectivity index (χ1v) is 7.63. The van der Waals surface area contributed by atoms with Crippen molar-refractivity contribution in [3.63, 3.8) is 0 Å². The highest BCUT2D eigenvalue weighted by Crippen LogP contribution is 2.19. The van der Waals surface area contributed by atoms with Crippen molar-refractivity contribution in [2.24, 2.45) is 0 Å². The van der Waals surface area contributed by atoms with Crippen LogP contribution in [-0.4, -0.2) is 24.0 Å². The number of carbonyl (C=O) groups is 2. The third kappa shape index (κ3) is 3.82. The summed E-state index contributed by atoms with van der Waals surface area (Å²) in [5, 5.41) is 2.92. The van der Waals surface area contributed by atoms with Crippen molar-refractivity contribution in [1.29, 1.82) is 0 Å². The number of carbonyl (C=O) groups excluding carboxylic acids is 2. The number of halogens is 1. The van der Waals surface area contributed by atoms with Gasteiger partial charge in [-0.2, -0.15) is 0 Å². The quantitative estimate of drug-likeness (QED) is 0.857. The summed E-state index contributed by atoms with van der Waals surface area (Å²) in [5.74, 6) is -0.719.